The lowest BCUT2D eigenvalue weighted by Crippen LogP contribution is -2.14. The van der Waals surface area contributed by atoms with E-state index in [9.17, 15) is 22.4 Å². The van der Waals surface area contributed by atoms with Gasteiger partial charge in [-0.1, -0.05) is 6.07 Å². The predicted molar refractivity (Wildman–Crippen MR) is 68.9 cm³/mol. The molecule has 0 spiro atoms. The minimum Gasteiger partial charge on any atom is -0.305 e. The number of benzene rings is 2. The number of hydrogen-bond acceptors (Lipinski definition) is 1. The van der Waals surface area contributed by atoms with E-state index in [4.69, 9.17) is 0 Å². The Morgan fingerprint density at radius 3 is 2.29 bits per heavy atom. The fourth-order valence-corrected chi connectivity index (χ4v) is 2.21. The van der Waals surface area contributed by atoms with Gasteiger partial charge in [0.1, 0.15) is 5.82 Å². The van der Waals surface area contributed by atoms with Gasteiger partial charge in [-0.05, 0) is 36.4 Å². The van der Waals surface area contributed by atoms with Crippen molar-refractivity contribution in [3.05, 3.63) is 64.3 Å². The smallest absolute Gasteiger partial charge is 0.305 e. The van der Waals surface area contributed by atoms with Gasteiger partial charge >= 0.3 is 11.9 Å². The number of rotatable bonds is 1. The van der Waals surface area contributed by atoms with Gasteiger partial charge in [0.15, 0.2) is 0 Å². The second-order valence-corrected chi connectivity index (χ2v) is 4.44. The van der Waals surface area contributed by atoms with Gasteiger partial charge in [0.2, 0.25) is 0 Å². The van der Waals surface area contributed by atoms with E-state index in [-0.39, 0.29) is 16.7 Å². The summed E-state index contributed by atoms with van der Waals surface area (Å²) in [6.45, 7) is 0. The summed E-state index contributed by atoms with van der Waals surface area (Å²) in [7, 11) is 0. The molecule has 1 N–H and O–H groups in total. The lowest BCUT2D eigenvalue weighted by molar-refractivity contribution is -0.136. The third-order valence-corrected chi connectivity index (χ3v) is 3.11. The maximum atomic E-state index is 12.9. The van der Waals surface area contributed by atoms with Crippen molar-refractivity contribution in [2.45, 2.75) is 6.18 Å². The third-order valence-electron chi connectivity index (χ3n) is 3.11. The normalized spacial score (nSPS) is 12.0. The molecule has 0 bridgehead atoms. The topological polar surface area (TPSA) is 37.8 Å². The second kappa shape index (κ2) is 4.47. The van der Waals surface area contributed by atoms with E-state index in [0.717, 1.165) is 22.8 Å². The molecule has 3 nitrogen and oxygen atoms in total. The molecule has 3 aromatic rings. The Balaban J connectivity index is 2.33. The summed E-state index contributed by atoms with van der Waals surface area (Å²) in [5.41, 5.74) is -1.56. The van der Waals surface area contributed by atoms with Gasteiger partial charge in [0, 0.05) is 0 Å². The van der Waals surface area contributed by atoms with Crippen LogP contribution in [0.3, 0.4) is 0 Å². The Hall–Kier alpha value is -2.57. The fourth-order valence-electron chi connectivity index (χ4n) is 2.21. The minimum atomic E-state index is -4.57. The summed E-state index contributed by atoms with van der Waals surface area (Å²) in [5.74, 6) is -0.498. The molecule has 0 aliphatic rings. The van der Waals surface area contributed by atoms with Crippen LogP contribution in [0.25, 0.3) is 16.7 Å². The Bertz CT molecular complexity index is 859. The molecule has 0 unspecified atom stereocenters. The first-order chi connectivity index (χ1) is 9.88. The zero-order valence-electron chi connectivity index (χ0n) is 10.4. The van der Waals surface area contributed by atoms with Crippen molar-refractivity contribution in [1.82, 2.24) is 9.55 Å². The first-order valence-electron chi connectivity index (χ1n) is 5.95. The van der Waals surface area contributed by atoms with Crippen LogP contribution in [0.2, 0.25) is 0 Å². The number of alkyl halides is 3. The van der Waals surface area contributed by atoms with Crippen molar-refractivity contribution in [3.8, 4) is 5.69 Å². The van der Waals surface area contributed by atoms with Crippen LogP contribution in [-0.4, -0.2) is 9.55 Å². The van der Waals surface area contributed by atoms with Crippen molar-refractivity contribution in [1.29, 1.82) is 0 Å². The Morgan fingerprint density at radius 2 is 1.67 bits per heavy atom. The molecule has 0 atom stereocenters. The standard InChI is InChI=1S/C14H8F4N2O/c15-8-4-6-9(7-5-8)20-11-3-1-2-10(14(16,17)18)12(11)19-13(20)21/h1-7H,(H,19,21). The fraction of sp³-hybridized carbons (Fsp3) is 0.0714. The number of halogens is 4. The molecule has 0 saturated carbocycles. The largest absolute Gasteiger partial charge is 0.418 e. The number of imidazole rings is 1. The van der Waals surface area contributed by atoms with Gasteiger partial charge in [0.25, 0.3) is 0 Å². The van der Waals surface area contributed by atoms with E-state index in [2.05, 4.69) is 4.98 Å². The molecular formula is C14H8F4N2O. The van der Waals surface area contributed by atoms with Gasteiger partial charge in [0.05, 0.1) is 22.3 Å². The number of aromatic nitrogens is 2. The lowest BCUT2D eigenvalue weighted by atomic mass is 10.1. The highest BCUT2D eigenvalue weighted by Gasteiger charge is 2.33. The zero-order valence-corrected chi connectivity index (χ0v) is 10.4. The van der Waals surface area contributed by atoms with E-state index in [1.54, 1.807) is 0 Å². The molecule has 0 aliphatic heterocycles. The summed E-state index contributed by atoms with van der Waals surface area (Å²) >= 11 is 0. The number of hydrogen-bond donors (Lipinski definition) is 1. The summed E-state index contributed by atoms with van der Waals surface area (Å²) in [6, 6.07) is 8.43. The molecule has 0 aliphatic carbocycles. The van der Waals surface area contributed by atoms with E-state index >= 15 is 0 Å². The first kappa shape index (κ1) is 13.4. The molecule has 21 heavy (non-hydrogen) atoms. The van der Waals surface area contributed by atoms with Crippen LogP contribution >= 0.6 is 0 Å². The molecule has 0 fully saturated rings. The molecule has 2 aromatic carbocycles. The summed E-state index contributed by atoms with van der Waals surface area (Å²) in [4.78, 5) is 14.2. The lowest BCUT2D eigenvalue weighted by Gasteiger charge is -2.08. The van der Waals surface area contributed by atoms with Crippen molar-refractivity contribution in [3.63, 3.8) is 0 Å². The highest BCUT2D eigenvalue weighted by atomic mass is 19.4. The molecule has 1 aromatic heterocycles. The van der Waals surface area contributed by atoms with Gasteiger partial charge < -0.3 is 4.98 Å². The summed E-state index contributed by atoms with van der Waals surface area (Å²) in [5, 5.41) is 0. The average Bonchev–Trinajstić information content (AvgIpc) is 2.74. The Labute approximate surface area is 115 Å². The number of nitrogens with one attached hydrogen (secondary N) is 1. The second-order valence-electron chi connectivity index (χ2n) is 4.44. The minimum absolute atomic E-state index is 0.0847. The molecule has 108 valence electrons. The van der Waals surface area contributed by atoms with E-state index in [0.29, 0.717) is 0 Å². The van der Waals surface area contributed by atoms with E-state index in [1.807, 2.05) is 0 Å². The van der Waals surface area contributed by atoms with Crippen molar-refractivity contribution < 1.29 is 17.6 Å². The van der Waals surface area contributed by atoms with Crippen molar-refractivity contribution >= 4 is 11.0 Å². The molecule has 0 radical (unpaired) electrons. The predicted octanol–water partition coefficient (Wildman–Crippen LogP) is 3.48. The van der Waals surface area contributed by atoms with Crippen LogP contribution in [-0.2, 0) is 6.18 Å². The van der Waals surface area contributed by atoms with Crippen LogP contribution in [0.5, 0.6) is 0 Å². The van der Waals surface area contributed by atoms with Crippen molar-refractivity contribution in [2.75, 3.05) is 0 Å². The average molecular weight is 296 g/mol. The third kappa shape index (κ3) is 2.20. The quantitative estimate of drug-likeness (QED) is 0.686. The Kier molecular flexibility index (Phi) is 2.86. The number of para-hydroxylation sites is 1. The van der Waals surface area contributed by atoms with Crippen LogP contribution in [0.1, 0.15) is 5.56 Å². The highest BCUT2D eigenvalue weighted by molar-refractivity contribution is 5.81. The molecule has 1 heterocycles. The van der Waals surface area contributed by atoms with Crippen LogP contribution in [0.15, 0.2) is 47.3 Å². The number of aromatic amines is 1. The molecule has 0 amide bonds. The van der Waals surface area contributed by atoms with Gasteiger partial charge in [-0.15, -0.1) is 0 Å². The zero-order chi connectivity index (χ0) is 15.2. The van der Waals surface area contributed by atoms with E-state index < -0.39 is 23.2 Å². The molecular weight excluding hydrogens is 288 g/mol. The maximum absolute atomic E-state index is 12.9. The number of fused-ring (bicyclic) bond motifs is 1. The SMILES string of the molecule is O=c1[nH]c2c(C(F)(F)F)cccc2n1-c1ccc(F)cc1. The van der Waals surface area contributed by atoms with Gasteiger partial charge in [-0.3, -0.25) is 4.57 Å². The summed E-state index contributed by atoms with van der Waals surface area (Å²) < 4.78 is 52.8. The monoisotopic (exact) mass is 296 g/mol. The first-order valence-corrected chi connectivity index (χ1v) is 5.95. The van der Waals surface area contributed by atoms with Gasteiger partial charge in [-0.25, -0.2) is 9.18 Å². The highest BCUT2D eigenvalue weighted by Crippen LogP contribution is 2.33. The Morgan fingerprint density at radius 1 is 1.00 bits per heavy atom. The van der Waals surface area contributed by atoms with E-state index in [1.165, 1.54) is 24.3 Å². The van der Waals surface area contributed by atoms with Crippen LogP contribution in [0.4, 0.5) is 17.6 Å². The van der Waals surface area contributed by atoms with Crippen molar-refractivity contribution in [2.24, 2.45) is 0 Å². The number of H-pyrrole nitrogens is 1. The molecule has 7 heteroatoms. The maximum Gasteiger partial charge on any atom is 0.418 e. The van der Waals surface area contributed by atoms with Crippen LogP contribution < -0.4 is 5.69 Å². The van der Waals surface area contributed by atoms with Gasteiger partial charge in [-0.2, -0.15) is 13.2 Å². The molecule has 0 saturated heterocycles. The number of nitrogens with zero attached hydrogens (tertiary/aromatic N) is 1. The van der Waals surface area contributed by atoms with Crippen LogP contribution in [0, 0.1) is 5.82 Å². The summed E-state index contributed by atoms with van der Waals surface area (Å²) in [6.07, 6.45) is -4.57. The molecule has 3 rings (SSSR count).